The molecule has 0 bridgehead atoms. The van der Waals surface area contributed by atoms with Crippen LogP contribution in [0.5, 0.6) is 0 Å². The number of ether oxygens (including phenoxy) is 2. The molecule has 3 atom stereocenters. The molecule has 4 aromatic rings. The number of fused-ring (bicyclic) bond motifs is 1. The van der Waals surface area contributed by atoms with E-state index in [1.807, 2.05) is 103 Å². The van der Waals surface area contributed by atoms with Crippen LogP contribution in [-0.2, 0) is 43.3 Å². The third-order valence-electron chi connectivity index (χ3n) is 8.19. The van der Waals surface area contributed by atoms with Crippen LogP contribution in [0.15, 0.2) is 103 Å². The highest BCUT2D eigenvalue weighted by Crippen LogP contribution is 2.22. The molecule has 5 rings (SSSR count). The van der Waals surface area contributed by atoms with Crippen LogP contribution < -0.4 is 10.6 Å². The van der Waals surface area contributed by atoms with Crippen LogP contribution in [0, 0.1) is 0 Å². The van der Waals surface area contributed by atoms with Crippen LogP contribution in [0.1, 0.15) is 50.3 Å². The second kappa shape index (κ2) is 15.6. The van der Waals surface area contributed by atoms with Crippen molar-refractivity contribution in [3.8, 4) is 0 Å². The molecule has 1 fully saturated rings. The molecule has 1 aliphatic rings. The highest BCUT2D eigenvalue weighted by molar-refractivity contribution is 5.94. The molecule has 4 aromatic carbocycles. The lowest BCUT2D eigenvalue weighted by atomic mass is 10.00. The molecule has 1 aliphatic heterocycles. The van der Waals surface area contributed by atoms with Crippen molar-refractivity contribution < 1.29 is 28.7 Å². The van der Waals surface area contributed by atoms with Gasteiger partial charge in [0.05, 0.1) is 0 Å². The Kier molecular flexibility index (Phi) is 11.1. The largest absolute Gasteiger partial charge is 0.459 e. The molecule has 0 unspecified atom stereocenters. The summed E-state index contributed by atoms with van der Waals surface area (Å²) in [5, 5.41) is 7.72. The maximum atomic E-state index is 14.2. The number of alkyl carbamates (subject to hydrolysis) is 1. The Morgan fingerprint density at radius 2 is 1.38 bits per heavy atom. The highest BCUT2D eigenvalue weighted by atomic mass is 16.6. The molecule has 48 heavy (non-hydrogen) atoms. The van der Waals surface area contributed by atoms with Gasteiger partial charge in [-0.3, -0.25) is 9.59 Å². The van der Waals surface area contributed by atoms with Gasteiger partial charge in [0.2, 0.25) is 11.8 Å². The molecule has 0 aliphatic carbocycles. The van der Waals surface area contributed by atoms with E-state index >= 15 is 0 Å². The maximum absolute atomic E-state index is 14.2. The van der Waals surface area contributed by atoms with Crippen molar-refractivity contribution in [1.29, 1.82) is 0 Å². The second-order valence-electron chi connectivity index (χ2n) is 13.1. The monoisotopic (exact) mass is 649 g/mol. The maximum Gasteiger partial charge on any atom is 0.408 e. The van der Waals surface area contributed by atoms with E-state index in [2.05, 4.69) is 10.6 Å². The van der Waals surface area contributed by atoms with Crippen molar-refractivity contribution in [3.63, 3.8) is 0 Å². The Morgan fingerprint density at radius 1 is 0.750 bits per heavy atom. The third kappa shape index (κ3) is 9.44. The van der Waals surface area contributed by atoms with E-state index in [9.17, 15) is 19.2 Å². The Hall–Kier alpha value is -5.18. The predicted octanol–water partition coefficient (Wildman–Crippen LogP) is 5.74. The smallest absolute Gasteiger partial charge is 0.408 e. The molecule has 3 amide bonds. The Balaban J connectivity index is 1.37. The molecular formula is C39H43N3O6. The number of carbonyl (C=O) groups is 4. The molecule has 0 aromatic heterocycles. The third-order valence-corrected chi connectivity index (χ3v) is 8.19. The van der Waals surface area contributed by atoms with Crippen LogP contribution in [0.25, 0.3) is 10.8 Å². The Bertz CT molecular complexity index is 1720. The van der Waals surface area contributed by atoms with Gasteiger partial charge in [-0.1, -0.05) is 103 Å². The average molecular weight is 650 g/mol. The van der Waals surface area contributed by atoms with E-state index in [1.165, 1.54) is 4.90 Å². The minimum atomic E-state index is -1.04. The van der Waals surface area contributed by atoms with E-state index < -0.39 is 41.7 Å². The van der Waals surface area contributed by atoms with Crippen molar-refractivity contribution in [2.75, 3.05) is 6.54 Å². The number of likely N-dealkylation sites (tertiary alicyclic amines) is 1. The number of nitrogens with one attached hydrogen (secondary N) is 2. The molecule has 2 N–H and O–H groups in total. The zero-order chi connectivity index (χ0) is 34.1. The highest BCUT2D eigenvalue weighted by Gasteiger charge is 2.39. The van der Waals surface area contributed by atoms with Crippen molar-refractivity contribution in [3.05, 3.63) is 120 Å². The normalized spacial score (nSPS) is 15.7. The summed E-state index contributed by atoms with van der Waals surface area (Å²) in [5.41, 5.74) is 1.74. The van der Waals surface area contributed by atoms with E-state index in [0.29, 0.717) is 19.4 Å². The molecule has 0 saturated carbocycles. The van der Waals surface area contributed by atoms with Crippen molar-refractivity contribution >= 4 is 34.6 Å². The number of amides is 3. The fraction of sp³-hybridized carbons (Fsp3) is 0.333. The lowest BCUT2D eigenvalue weighted by Gasteiger charge is -2.30. The van der Waals surface area contributed by atoms with Crippen LogP contribution in [-0.4, -0.2) is 59.0 Å². The molecule has 0 radical (unpaired) electrons. The van der Waals surface area contributed by atoms with Gasteiger partial charge in [-0.2, -0.15) is 0 Å². The first-order valence-electron chi connectivity index (χ1n) is 16.4. The average Bonchev–Trinajstić information content (AvgIpc) is 3.57. The van der Waals surface area contributed by atoms with Gasteiger partial charge in [-0.05, 0) is 61.1 Å². The first-order valence-corrected chi connectivity index (χ1v) is 16.4. The zero-order valence-corrected chi connectivity index (χ0v) is 27.7. The Labute approximate surface area is 281 Å². The van der Waals surface area contributed by atoms with Gasteiger partial charge >= 0.3 is 12.1 Å². The standard InChI is InChI=1S/C39H43N3O6/c1-39(2,3)48-38(46)41-32(25-29-20-21-30-17-10-11-18-31(30)23-29)35(43)40-33(24-27-13-6-4-7-14-27)36(44)42-22-12-19-34(42)37(45)47-26-28-15-8-5-9-16-28/h4-11,13-18,20-21,23,32-34H,12,19,22,24-26H2,1-3H3,(H,40,43)(H,41,46)/t32-,33-,34+/m0/s1. The summed E-state index contributed by atoms with van der Waals surface area (Å²) in [4.78, 5) is 55.9. The van der Waals surface area contributed by atoms with Gasteiger partial charge in [0.25, 0.3) is 0 Å². The van der Waals surface area contributed by atoms with Crippen LogP contribution in [0.3, 0.4) is 0 Å². The summed E-state index contributed by atoms with van der Waals surface area (Å²) in [6.45, 7) is 5.71. The summed E-state index contributed by atoms with van der Waals surface area (Å²) in [6, 6.07) is 29.7. The van der Waals surface area contributed by atoms with Gasteiger partial charge < -0.3 is 25.0 Å². The molecule has 250 valence electrons. The quantitative estimate of drug-likeness (QED) is 0.201. The number of benzene rings is 4. The lowest BCUT2D eigenvalue weighted by molar-refractivity contribution is -0.155. The lowest BCUT2D eigenvalue weighted by Crippen LogP contribution is -2.57. The van der Waals surface area contributed by atoms with Crippen molar-refractivity contribution in [2.45, 2.75) is 76.8 Å². The number of rotatable bonds is 11. The fourth-order valence-corrected chi connectivity index (χ4v) is 5.88. The SMILES string of the molecule is CC(C)(C)OC(=O)N[C@@H](Cc1ccc2ccccc2c1)C(=O)N[C@@H](Cc1ccccc1)C(=O)N1CCC[C@@H]1C(=O)OCc1ccccc1. The summed E-state index contributed by atoms with van der Waals surface area (Å²) in [7, 11) is 0. The van der Waals surface area contributed by atoms with Crippen LogP contribution >= 0.6 is 0 Å². The van der Waals surface area contributed by atoms with Gasteiger partial charge in [-0.15, -0.1) is 0 Å². The van der Waals surface area contributed by atoms with Crippen LogP contribution in [0.4, 0.5) is 4.79 Å². The second-order valence-corrected chi connectivity index (χ2v) is 13.1. The fourth-order valence-electron chi connectivity index (χ4n) is 5.88. The molecule has 9 heteroatoms. The molecule has 0 spiro atoms. The van der Waals surface area contributed by atoms with E-state index in [0.717, 1.165) is 27.5 Å². The van der Waals surface area contributed by atoms with E-state index in [1.54, 1.807) is 20.8 Å². The van der Waals surface area contributed by atoms with Gasteiger partial charge in [0, 0.05) is 19.4 Å². The van der Waals surface area contributed by atoms with Crippen molar-refractivity contribution in [2.24, 2.45) is 0 Å². The summed E-state index contributed by atoms with van der Waals surface area (Å²) in [6.07, 6.45) is 0.725. The first kappa shape index (κ1) is 34.2. The van der Waals surface area contributed by atoms with Gasteiger partial charge in [0.15, 0.2) is 0 Å². The van der Waals surface area contributed by atoms with E-state index in [-0.39, 0.29) is 25.4 Å². The molecular weight excluding hydrogens is 606 g/mol. The number of hydrogen-bond donors (Lipinski definition) is 2. The summed E-state index contributed by atoms with van der Waals surface area (Å²) < 4.78 is 11.1. The van der Waals surface area contributed by atoms with Gasteiger partial charge in [0.1, 0.15) is 30.3 Å². The predicted molar refractivity (Wildman–Crippen MR) is 184 cm³/mol. The number of nitrogens with zero attached hydrogens (tertiary/aromatic N) is 1. The topological polar surface area (TPSA) is 114 Å². The minimum Gasteiger partial charge on any atom is -0.459 e. The molecule has 1 saturated heterocycles. The number of hydrogen-bond acceptors (Lipinski definition) is 6. The molecule has 9 nitrogen and oxygen atoms in total. The Morgan fingerprint density at radius 3 is 2.06 bits per heavy atom. The first-order chi connectivity index (χ1) is 23.1. The van der Waals surface area contributed by atoms with E-state index in [4.69, 9.17) is 9.47 Å². The van der Waals surface area contributed by atoms with Crippen LogP contribution in [0.2, 0.25) is 0 Å². The number of esters is 1. The summed E-state index contributed by atoms with van der Waals surface area (Å²) >= 11 is 0. The summed E-state index contributed by atoms with van der Waals surface area (Å²) in [5.74, 6) is -1.39. The van der Waals surface area contributed by atoms with Crippen molar-refractivity contribution in [1.82, 2.24) is 15.5 Å². The minimum absolute atomic E-state index is 0.106. The number of carbonyl (C=O) groups excluding carboxylic acids is 4. The zero-order valence-electron chi connectivity index (χ0n) is 27.7. The van der Waals surface area contributed by atoms with Gasteiger partial charge in [-0.25, -0.2) is 9.59 Å². The molecule has 1 heterocycles.